The summed E-state index contributed by atoms with van der Waals surface area (Å²) in [5.41, 5.74) is 6.66. The van der Waals surface area contributed by atoms with Crippen LogP contribution in [0.4, 0.5) is 0 Å². The Morgan fingerprint density at radius 1 is 0.769 bits per heavy atom. The van der Waals surface area contributed by atoms with Gasteiger partial charge >= 0.3 is 23.9 Å². The third-order valence-corrected chi connectivity index (χ3v) is 6.22. The van der Waals surface area contributed by atoms with Crippen LogP contribution < -0.4 is 15.2 Å². The molecule has 0 bridgehead atoms. The summed E-state index contributed by atoms with van der Waals surface area (Å²) in [4.78, 5) is 49.3. The predicted octanol–water partition coefficient (Wildman–Crippen LogP) is 5.01. The Balaban J connectivity index is 2.86. The molecule has 0 aliphatic heterocycles. The lowest BCUT2D eigenvalue weighted by molar-refractivity contribution is -0.162. The zero-order chi connectivity index (χ0) is 29.7. The van der Waals surface area contributed by atoms with E-state index in [9.17, 15) is 19.2 Å². The second-order valence-electron chi connectivity index (χ2n) is 11.3. The number of ether oxygens (including phenoxy) is 4. The molecule has 0 aliphatic carbocycles. The molecule has 220 valence electrons. The van der Waals surface area contributed by atoms with Gasteiger partial charge in [0.15, 0.2) is 11.5 Å². The Kier molecular flexibility index (Phi) is 14.8. The zero-order valence-corrected chi connectivity index (χ0v) is 24.8. The highest BCUT2D eigenvalue weighted by atomic mass is 16.6. The molecular formula is C30H47NO8. The highest BCUT2D eigenvalue weighted by Crippen LogP contribution is 2.30. The van der Waals surface area contributed by atoms with Crippen LogP contribution in [-0.4, -0.2) is 42.6 Å². The number of carbonyl (C=O) groups excluding carboxylic acids is 4. The number of rotatable bonds is 16. The van der Waals surface area contributed by atoms with Crippen LogP contribution in [0.1, 0.15) is 86.6 Å². The average molecular weight is 550 g/mol. The van der Waals surface area contributed by atoms with Gasteiger partial charge in [0.05, 0.1) is 5.92 Å². The first-order valence-electron chi connectivity index (χ1n) is 13.9. The van der Waals surface area contributed by atoms with Crippen LogP contribution >= 0.6 is 0 Å². The van der Waals surface area contributed by atoms with Gasteiger partial charge in [0.25, 0.3) is 0 Å². The first-order valence-corrected chi connectivity index (χ1v) is 13.9. The largest absolute Gasteiger partial charge is 0.461 e. The van der Waals surface area contributed by atoms with E-state index in [2.05, 4.69) is 0 Å². The van der Waals surface area contributed by atoms with Crippen LogP contribution in [0, 0.1) is 23.7 Å². The summed E-state index contributed by atoms with van der Waals surface area (Å²) < 4.78 is 21.6. The van der Waals surface area contributed by atoms with Crippen molar-refractivity contribution >= 4 is 23.9 Å². The summed E-state index contributed by atoms with van der Waals surface area (Å²) in [6, 6.07) is 3.72. The molecule has 0 aromatic heterocycles. The summed E-state index contributed by atoms with van der Waals surface area (Å²) in [5.74, 6) is -1.11. The van der Waals surface area contributed by atoms with Crippen molar-refractivity contribution in [1.29, 1.82) is 0 Å². The highest BCUT2D eigenvalue weighted by Gasteiger charge is 2.23. The summed E-state index contributed by atoms with van der Waals surface area (Å²) >= 11 is 0. The molecule has 0 saturated heterocycles. The Labute approximate surface area is 233 Å². The minimum absolute atomic E-state index is 0.0928. The van der Waals surface area contributed by atoms with Gasteiger partial charge in [-0.2, -0.15) is 0 Å². The average Bonchev–Trinajstić information content (AvgIpc) is 2.85. The minimum atomic E-state index is -1.01. The quantitative estimate of drug-likeness (QED) is 0.223. The van der Waals surface area contributed by atoms with Crippen molar-refractivity contribution in [1.82, 2.24) is 0 Å². The van der Waals surface area contributed by atoms with Crippen LogP contribution in [0.3, 0.4) is 0 Å². The number of hydrogen-bond acceptors (Lipinski definition) is 9. The van der Waals surface area contributed by atoms with Gasteiger partial charge in [0, 0.05) is 12.8 Å². The standard InChI is InChI=1S/C30H47NO8/c1-18(2)9-13-27(32)38-25-12-11-23(16-26(25)39-28(33)14-10-19(3)4)15-24(31)30(35)36-17-21(7)37-29(34)22(8)20(5)6/h11-12,16,18-22,24H,9-10,13-15,17,31H2,1-8H3/t21-,22?,24-/m0/s1. The molecule has 0 saturated carbocycles. The van der Waals surface area contributed by atoms with Gasteiger partial charge < -0.3 is 24.7 Å². The highest BCUT2D eigenvalue weighted by molar-refractivity contribution is 5.77. The van der Waals surface area contributed by atoms with E-state index < -0.39 is 30.1 Å². The number of esters is 4. The summed E-state index contributed by atoms with van der Waals surface area (Å²) in [5, 5.41) is 0. The SMILES string of the molecule is CC(C)CCC(=O)Oc1ccc(C[C@H](N)C(=O)OC[C@H](C)OC(=O)C(C)C(C)C)cc1OC(=O)CCC(C)C. The van der Waals surface area contributed by atoms with E-state index in [1.807, 2.05) is 41.5 Å². The molecule has 0 spiro atoms. The molecule has 0 amide bonds. The zero-order valence-electron chi connectivity index (χ0n) is 24.8. The van der Waals surface area contributed by atoms with Crippen LogP contribution in [0.25, 0.3) is 0 Å². The number of carbonyl (C=O) groups is 4. The van der Waals surface area contributed by atoms with E-state index >= 15 is 0 Å². The molecule has 1 rings (SSSR count). The van der Waals surface area contributed by atoms with Crippen molar-refractivity contribution in [3.05, 3.63) is 23.8 Å². The fraction of sp³-hybridized carbons (Fsp3) is 0.667. The van der Waals surface area contributed by atoms with Gasteiger partial charge in [-0.05, 0) is 61.6 Å². The monoisotopic (exact) mass is 549 g/mol. The molecule has 9 heteroatoms. The van der Waals surface area contributed by atoms with E-state index in [0.29, 0.717) is 30.2 Å². The van der Waals surface area contributed by atoms with E-state index in [1.165, 1.54) is 6.07 Å². The van der Waals surface area contributed by atoms with E-state index in [1.54, 1.807) is 26.0 Å². The number of nitrogens with two attached hydrogens (primary N) is 1. The number of hydrogen-bond donors (Lipinski definition) is 1. The normalized spacial score (nSPS) is 13.6. The molecule has 3 atom stereocenters. The third kappa shape index (κ3) is 13.6. The predicted molar refractivity (Wildman–Crippen MR) is 148 cm³/mol. The van der Waals surface area contributed by atoms with Crippen LogP contribution in [0.2, 0.25) is 0 Å². The molecule has 2 N–H and O–H groups in total. The van der Waals surface area contributed by atoms with E-state index in [4.69, 9.17) is 24.7 Å². The molecule has 1 unspecified atom stereocenters. The minimum Gasteiger partial charge on any atom is -0.461 e. The van der Waals surface area contributed by atoms with Gasteiger partial charge in [0.2, 0.25) is 0 Å². The van der Waals surface area contributed by atoms with E-state index in [0.717, 1.165) is 0 Å². The molecular weight excluding hydrogens is 502 g/mol. The third-order valence-electron chi connectivity index (χ3n) is 6.22. The van der Waals surface area contributed by atoms with Crippen LogP contribution in [-0.2, 0) is 35.1 Å². The van der Waals surface area contributed by atoms with Gasteiger partial charge in [-0.3, -0.25) is 19.2 Å². The number of benzene rings is 1. The fourth-order valence-electron chi connectivity index (χ4n) is 3.26. The van der Waals surface area contributed by atoms with Crippen molar-refractivity contribution in [2.45, 2.75) is 99.6 Å². The smallest absolute Gasteiger partial charge is 0.323 e. The Bertz CT molecular complexity index is 956. The lowest BCUT2D eigenvalue weighted by Gasteiger charge is -2.19. The van der Waals surface area contributed by atoms with Crippen LogP contribution in [0.5, 0.6) is 11.5 Å². The van der Waals surface area contributed by atoms with Gasteiger partial charge in [-0.15, -0.1) is 0 Å². The summed E-state index contributed by atoms with van der Waals surface area (Å²) in [7, 11) is 0. The lowest BCUT2D eigenvalue weighted by Crippen LogP contribution is -2.36. The van der Waals surface area contributed by atoms with Crippen molar-refractivity contribution in [2.75, 3.05) is 6.61 Å². The molecule has 0 heterocycles. The van der Waals surface area contributed by atoms with Gasteiger partial charge in [0.1, 0.15) is 18.8 Å². The van der Waals surface area contributed by atoms with Gasteiger partial charge in [-0.1, -0.05) is 54.5 Å². The second kappa shape index (κ2) is 16.9. The molecule has 0 fully saturated rings. The topological polar surface area (TPSA) is 131 Å². The molecule has 39 heavy (non-hydrogen) atoms. The summed E-state index contributed by atoms with van der Waals surface area (Å²) in [6.07, 6.45) is 1.26. The Morgan fingerprint density at radius 3 is 1.82 bits per heavy atom. The van der Waals surface area contributed by atoms with Gasteiger partial charge in [-0.25, -0.2) is 0 Å². The summed E-state index contributed by atoms with van der Waals surface area (Å²) in [6.45, 7) is 15.2. The van der Waals surface area contributed by atoms with Crippen molar-refractivity contribution in [3.63, 3.8) is 0 Å². The molecule has 1 aromatic rings. The second-order valence-corrected chi connectivity index (χ2v) is 11.3. The molecule has 0 aliphatic rings. The van der Waals surface area contributed by atoms with Crippen molar-refractivity contribution in [2.24, 2.45) is 29.4 Å². The Morgan fingerprint density at radius 2 is 1.31 bits per heavy atom. The molecule has 0 radical (unpaired) electrons. The molecule has 1 aromatic carbocycles. The maximum atomic E-state index is 12.5. The fourth-order valence-corrected chi connectivity index (χ4v) is 3.26. The Hall–Kier alpha value is -2.94. The first kappa shape index (κ1) is 34.1. The lowest BCUT2D eigenvalue weighted by atomic mass is 9.98. The van der Waals surface area contributed by atoms with E-state index in [-0.39, 0.29) is 55.2 Å². The van der Waals surface area contributed by atoms with Crippen molar-refractivity contribution < 1.29 is 38.1 Å². The molecule has 9 nitrogen and oxygen atoms in total. The maximum Gasteiger partial charge on any atom is 0.323 e. The van der Waals surface area contributed by atoms with Crippen molar-refractivity contribution in [3.8, 4) is 11.5 Å². The first-order chi connectivity index (χ1) is 18.2. The maximum absolute atomic E-state index is 12.5. The van der Waals surface area contributed by atoms with Crippen LogP contribution in [0.15, 0.2) is 18.2 Å².